The average molecular weight is 462 g/mol. The maximum atomic E-state index is 5.92. The van der Waals surface area contributed by atoms with Gasteiger partial charge < -0.3 is 15.6 Å². The maximum Gasteiger partial charge on any atom is 0.248 e. The lowest BCUT2D eigenvalue weighted by Gasteiger charge is -2.22. The Morgan fingerprint density at radius 1 is 1.25 bits per heavy atom. The first-order chi connectivity index (χ1) is 11.2. The van der Waals surface area contributed by atoms with Gasteiger partial charge in [0.1, 0.15) is 6.54 Å². The lowest BCUT2D eigenvalue weighted by atomic mass is 9.96. The van der Waals surface area contributed by atoms with E-state index in [0.717, 1.165) is 18.4 Å². The highest BCUT2D eigenvalue weighted by atomic mass is 127. The minimum atomic E-state index is 0. The van der Waals surface area contributed by atoms with Crippen LogP contribution in [0.25, 0.3) is 11.4 Å². The highest BCUT2D eigenvalue weighted by molar-refractivity contribution is 14.0. The lowest BCUT2D eigenvalue weighted by Crippen LogP contribution is -2.41. The number of hydrogen-bond acceptors (Lipinski definition) is 4. The summed E-state index contributed by atoms with van der Waals surface area (Å²) < 4.78 is 5.21. The van der Waals surface area contributed by atoms with Crippen molar-refractivity contribution in [2.75, 3.05) is 0 Å². The van der Waals surface area contributed by atoms with Crippen molar-refractivity contribution in [2.24, 2.45) is 10.7 Å². The molecule has 0 bridgehead atoms. The van der Waals surface area contributed by atoms with Crippen LogP contribution in [0.3, 0.4) is 0 Å². The predicted octanol–water partition coefficient (Wildman–Crippen LogP) is 3.75. The highest BCUT2D eigenvalue weighted by Crippen LogP contribution is 2.19. The summed E-state index contributed by atoms with van der Waals surface area (Å²) in [5.74, 6) is 1.39. The molecule has 1 heterocycles. The minimum Gasteiger partial charge on any atom is -0.370 e. The molecule has 0 aliphatic heterocycles. The van der Waals surface area contributed by atoms with Crippen molar-refractivity contribution in [3.63, 3.8) is 0 Å². The molecule has 8 heteroatoms. The molecule has 0 spiro atoms. The van der Waals surface area contributed by atoms with Crippen molar-refractivity contribution in [2.45, 2.75) is 44.7 Å². The highest BCUT2D eigenvalue weighted by Gasteiger charge is 2.13. The topological polar surface area (TPSA) is 89.3 Å². The molecule has 130 valence electrons. The second-order valence-corrected chi connectivity index (χ2v) is 6.14. The summed E-state index contributed by atoms with van der Waals surface area (Å²) in [5, 5.41) is 7.88. The van der Waals surface area contributed by atoms with Gasteiger partial charge in [-0.15, -0.1) is 24.0 Å². The van der Waals surface area contributed by atoms with Gasteiger partial charge >= 0.3 is 0 Å². The van der Waals surface area contributed by atoms with Crippen LogP contribution in [-0.2, 0) is 6.54 Å². The fourth-order valence-corrected chi connectivity index (χ4v) is 2.82. The summed E-state index contributed by atoms with van der Waals surface area (Å²) in [6, 6.07) is 7.70. The van der Waals surface area contributed by atoms with Gasteiger partial charge in [0.05, 0.1) is 0 Å². The number of hydrogen-bond donors (Lipinski definition) is 2. The molecular formula is C16H21ClIN5O. The van der Waals surface area contributed by atoms with Crippen LogP contribution in [0, 0.1) is 0 Å². The summed E-state index contributed by atoms with van der Waals surface area (Å²) in [6.45, 7) is 0.270. The second kappa shape index (κ2) is 9.22. The van der Waals surface area contributed by atoms with Crippen LogP contribution < -0.4 is 11.1 Å². The fraction of sp³-hybridized carbons (Fsp3) is 0.438. The first-order valence-corrected chi connectivity index (χ1v) is 8.23. The Hall–Kier alpha value is -1.35. The molecule has 2 aromatic rings. The van der Waals surface area contributed by atoms with Crippen LogP contribution in [-0.4, -0.2) is 22.1 Å². The van der Waals surface area contributed by atoms with E-state index in [1.54, 1.807) is 12.1 Å². The first kappa shape index (κ1) is 19.0. The van der Waals surface area contributed by atoms with E-state index in [9.17, 15) is 0 Å². The Bertz CT molecular complexity index is 667. The zero-order chi connectivity index (χ0) is 16.1. The van der Waals surface area contributed by atoms with Gasteiger partial charge in [-0.2, -0.15) is 4.98 Å². The van der Waals surface area contributed by atoms with E-state index in [1.807, 2.05) is 12.1 Å². The molecule has 1 aliphatic carbocycles. The number of guanidine groups is 1. The third kappa shape index (κ3) is 5.34. The number of aromatic nitrogens is 2. The summed E-state index contributed by atoms with van der Waals surface area (Å²) in [6.07, 6.45) is 6.11. The van der Waals surface area contributed by atoms with Crippen LogP contribution in [0.1, 0.15) is 38.0 Å². The SMILES string of the molecule is I.NC(=NCc1nc(-c2ccc(Cl)cc2)no1)NC1CCCCC1. The molecule has 0 saturated heterocycles. The lowest BCUT2D eigenvalue weighted by molar-refractivity contribution is 0.380. The first-order valence-electron chi connectivity index (χ1n) is 7.86. The number of halogens is 2. The summed E-state index contributed by atoms with van der Waals surface area (Å²) >= 11 is 5.87. The number of nitrogens with one attached hydrogen (secondary N) is 1. The van der Waals surface area contributed by atoms with E-state index in [4.69, 9.17) is 21.9 Å². The van der Waals surface area contributed by atoms with Gasteiger partial charge in [-0.25, -0.2) is 4.99 Å². The molecule has 24 heavy (non-hydrogen) atoms. The molecule has 1 aromatic carbocycles. The molecule has 1 fully saturated rings. The molecular weight excluding hydrogens is 441 g/mol. The van der Waals surface area contributed by atoms with Gasteiger partial charge in [-0.3, -0.25) is 0 Å². The van der Waals surface area contributed by atoms with Crippen LogP contribution in [0.5, 0.6) is 0 Å². The molecule has 1 saturated carbocycles. The van der Waals surface area contributed by atoms with Crippen LogP contribution >= 0.6 is 35.6 Å². The smallest absolute Gasteiger partial charge is 0.248 e. The van der Waals surface area contributed by atoms with E-state index in [-0.39, 0.29) is 30.5 Å². The van der Waals surface area contributed by atoms with E-state index >= 15 is 0 Å². The number of aliphatic imine (C=N–C) groups is 1. The Morgan fingerprint density at radius 2 is 1.96 bits per heavy atom. The van der Waals surface area contributed by atoms with Crippen LogP contribution in [0.2, 0.25) is 5.02 Å². The molecule has 0 radical (unpaired) electrons. The van der Waals surface area contributed by atoms with E-state index in [0.29, 0.717) is 28.7 Å². The Morgan fingerprint density at radius 3 is 2.67 bits per heavy atom. The van der Waals surface area contributed by atoms with E-state index in [1.165, 1.54) is 19.3 Å². The minimum absolute atomic E-state index is 0. The largest absolute Gasteiger partial charge is 0.370 e. The molecule has 0 amide bonds. The quantitative estimate of drug-likeness (QED) is 0.411. The van der Waals surface area contributed by atoms with Gasteiger partial charge in [0, 0.05) is 16.6 Å². The molecule has 1 aromatic heterocycles. The molecule has 1 aliphatic rings. The summed E-state index contributed by atoms with van der Waals surface area (Å²) in [5.41, 5.74) is 6.77. The molecule has 0 unspecified atom stereocenters. The number of benzene rings is 1. The third-order valence-corrected chi connectivity index (χ3v) is 4.16. The average Bonchev–Trinajstić information content (AvgIpc) is 3.04. The van der Waals surface area contributed by atoms with Crippen molar-refractivity contribution >= 4 is 41.5 Å². The second-order valence-electron chi connectivity index (χ2n) is 5.70. The van der Waals surface area contributed by atoms with Gasteiger partial charge in [-0.1, -0.05) is 36.0 Å². The molecule has 3 rings (SSSR count). The van der Waals surface area contributed by atoms with Crippen molar-refractivity contribution in [1.82, 2.24) is 15.5 Å². The van der Waals surface area contributed by atoms with E-state index in [2.05, 4.69) is 20.4 Å². The Labute approximate surface area is 163 Å². The molecule has 6 nitrogen and oxygen atoms in total. The van der Waals surface area contributed by atoms with Crippen molar-refractivity contribution < 1.29 is 4.52 Å². The monoisotopic (exact) mass is 461 g/mol. The Kier molecular flexibility index (Phi) is 7.29. The summed E-state index contributed by atoms with van der Waals surface area (Å²) in [4.78, 5) is 8.59. The Balaban J connectivity index is 0.00000208. The van der Waals surface area contributed by atoms with Gasteiger partial charge in [0.25, 0.3) is 0 Å². The van der Waals surface area contributed by atoms with Crippen molar-refractivity contribution in [3.8, 4) is 11.4 Å². The third-order valence-electron chi connectivity index (χ3n) is 3.91. The van der Waals surface area contributed by atoms with Crippen molar-refractivity contribution in [3.05, 3.63) is 35.2 Å². The van der Waals surface area contributed by atoms with Gasteiger partial charge in [-0.05, 0) is 37.1 Å². The fourth-order valence-electron chi connectivity index (χ4n) is 2.69. The normalized spacial score (nSPS) is 15.8. The zero-order valence-corrected chi connectivity index (χ0v) is 16.3. The summed E-state index contributed by atoms with van der Waals surface area (Å²) in [7, 11) is 0. The number of nitrogens with zero attached hydrogens (tertiary/aromatic N) is 3. The van der Waals surface area contributed by atoms with Gasteiger partial charge in [0.15, 0.2) is 5.96 Å². The van der Waals surface area contributed by atoms with Crippen molar-refractivity contribution in [1.29, 1.82) is 0 Å². The van der Waals surface area contributed by atoms with E-state index < -0.39 is 0 Å². The van der Waals surface area contributed by atoms with Crippen LogP contribution in [0.4, 0.5) is 0 Å². The number of rotatable bonds is 4. The maximum absolute atomic E-state index is 5.92. The zero-order valence-electron chi connectivity index (χ0n) is 13.2. The number of nitrogens with two attached hydrogens (primary N) is 1. The predicted molar refractivity (Wildman–Crippen MR) is 105 cm³/mol. The van der Waals surface area contributed by atoms with Gasteiger partial charge in [0.2, 0.25) is 11.7 Å². The molecule has 0 atom stereocenters. The standard InChI is InChI=1S/C16H20ClN5O.HI/c17-12-8-6-11(7-9-12)15-21-14(23-22-15)10-19-16(18)20-13-4-2-1-3-5-13;/h6-9,13H,1-5,10H2,(H3,18,19,20);1H. The van der Waals surface area contributed by atoms with Crippen LogP contribution in [0.15, 0.2) is 33.8 Å². The molecule has 3 N–H and O–H groups in total.